The molecular formula is C20H17O3P. The van der Waals surface area contributed by atoms with Crippen molar-refractivity contribution in [1.29, 1.82) is 0 Å². The Morgan fingerprint density at radius 1 is 0.750 bits per heavy atom. The van der Waals surface area contributed by atoms with Gasteiger partial charge in [0, 0.05) is 22.0 Å². The van der Waals surface area contributed by atoms with E-state index in [0.29, 0.717) is 16.2 Å². The van der Waals surface area contributed by atoms with Gasteiger partial charge in [-0.25, -0.2) is 5.26 Å². The van der Waals surface area contributed by atoms with Gasteiger partial charge in [0.15, 0.2) is 12.9 Å². The first-order valence-electron chi connectivity index (χ1n) is 7.55. The van der Waals surface area contributed by atoms with Crippen molar-refractivity contribution < 1.29 is 14.7 Å². The third-order valence-corrected chi connectivity index (χ3v) is 6.46. The van der Waals surface area contributed by atoms with Crippen LogP contribution in [0.25, 0.3) is 5.76 Å². The number of hydrogen-bond acceptors (Lipinski definition) is 3. The maximum atomic E-state index is 13.9. The molecule has 0 aromatic heterocycles. The summed E-state index contributed by atoms with van der Waals surface area (Å²) in [6.07, 6.45) is 0. The van der Waals surface area contributed by atoms with E-state index in [-0.39, 0.29) is 5.76 Å². The smallest absolute Gasteiger partial charge is 0.176 e. The van der Waals surface area contributed by atoms with Gasteiger partial charge in [-0.2, -0.15) is 0 Å². The highest BCUT2D eigenvalue weighted by Crippen LogP contribution is 2.47. The summed E-state index contributed by atoms with van der Waals surface area (Å²) in [6, 6.07) is 27.6. The molecule has 4 heteroatoms. The summed E-state index contributed by atoms with van der Waals surface area (Å²) in [5.41, 5.74) is 0.659. The first-order valence-corrected chi connectivity index (χ1v) is 9.32. The molecule has 0 heterocycles. The minimum atomic E-state index is -3.11. The van der Waals surface area contributed by atoms with Crippen LogP contribution in [0.3, 0.4) is 0 Å². The van der Waals surface area contributed by atoms with E-state index in [4.69, 9.17) is 0 Å². The molecule has 120 valence electrons. The Morgan fingerprint density at radius 3 is 1.58 bits per heavy atom. The molecule has 0 unspecified atom stereocenters. The lowest BCUT2D eigenvalue weighted by molar-refractivity contribution is -0.170. The standard InChI is InChI=1S/C20H17O3P/c21-23-20(17-10-4-1-5-11-17)16-24(22,18-12-6-2-7-13-18)19-14-8-3-9-15-19/h1-16,21H/b20-16-. The molecule has 0 spiro atoms. The monoisotopic (exact) mass is 336 g/mol. The highest BCUT2D eigenvalue weighted by atomic mass is 31.2. The predicted molar refractivity (Wildman–Crippen MR) is 97.9 cm³/mol. The van der Waals surface area contributed by atoms with Gasteiger partial charge in [-0.15, -0.1) is 0 Å². The SMILES string of the molecule is O=P(/C=C(\OO)c1ccccc1)(c1ccccc1)c1ccccc1. The van der Waals surface area contributed by atoms with Crippen LogP contribution in [0.5, 0.6) is 0 Å². The van der Waals surface area contributed by atoms with E-state index in [9.17, 15) is 9.82 Å². The maximum absolute atomic E-state index is 13.9. The molecule has 0 aliphatic heterocycles. The van der Waals surface area contributed by atoms with Gasteiger partial charge >= 0.3 is 0 Å². The van der Waals surface area contributed by atoms with E-state index in [2.05, 4.69) is 4.89 Å². The van der Waals surface area contributed by atoms with Crippen molar-refractivity contribution >= 4 is 23.5 Å². The van der Waals surface area contributed by atoms with Crippen LogP contribution in [0.15, 0.2) is 96.8 Å². The Labute approximate surface area is 141 Å². The lowest BCUT2D eigenvalue weighted by atomic mass is 10.2. The molecule has 0 bridgehead atoms. The van der Waals surface area contributed by atoms with E-state index < -0.39 is 7.14 Å². The van der Waals surface area contributed by atoms with Crippen LogP contribution in [-0.2, 0) is 9.45 Å². The highest BCUT2D eigenvalue weighted by molar-refractivity contribution is 7.81. The fourth-order valence-corrected chi connectivity index (χ4v) is 4.87. The van der Waals surface area contributed by atoms with E-state index in [0.717, 1.165) is 0 Å². The summed E-state index contributed by atoms with van der Waals surface area (Å²) in [5, 5.41) is 10.7. The van der Waals surface area contributed by atoms with Gasteiger partial charge < -0.3 is 9.45 Å². The average Bonchev–Trinajstić information content (AvgIpc) is 2.68. The largest absolute Gasteiger partial charge is 0.339 e. The van der Waals surface area contributed by atoms with Gasteiger partial charge in [0.1, 0.15) is 0 Å². The molecule has 0 amide bonds. The molecule has 3 nitrogen and oxygen atoms in total. The zero-order valence-corrected chi connectivity index (χ0v) is 13.8. The Balaban J connectivity index is 2.19. The molecule has 24 heavy (non-hydrogen) atoms. The topological polar surface area (TPSA) is 46.5 Å². The fourth-order valence-electron chi connectivity index (χ4n) is 2.52. The molecule has 0 aliphatic rings. The summed E-state index contributed by atoms with van der Waals surface area (Å²) >= 11 is 0. The number of hydrogen-bond donors (Lipinski definition) is 1. The third kappa shape index (κ3) is 3.33. The zero-order chi connectivity index (χ0) is 16.8. The average molecular weight is 336 g/mol. The van der Waals surface area contributed by atoms with Crippen molar-refractivity contribution in [1.82, 2.24) is 0 Å². The van der Waals surface area contributed by atoms with E-state index in [1.165, 1.54) is 5.82 Å². The maximum Gasteiger partial charge on any atom is 0.176 e. The van der Waals surface area contributed by atoms with E-state index >= 15 is 0 Å². The van der Waals surface area contributed by atoms with E-state index in [1.54, 1.807) is 12.1 Å². The highest BCUT2D eigenvalue weighted by Gasteiger charge is 2.26. The number of benzene rings is 3. The molecule has 1 N–H and O–H groups in total. The minimum absolute atomic E-state index is 0.173. The van der Waals surface area contributed by atoms with Crippen LogP contribution in [0.2, 0.25) is 0 Å². The van der Waals surface area contributed by atoms with E-state index in [1.807, 2.05) is 78.9 Å². The second kappa shape index (κ2) is 7.31. The van der Waals surface area contributed by atoms with Crippen LogP contribution < -0.4 is 10.6 Å². The minimum Gasteiger partial charge on any atom is -0.339 e. The second-order valence-corrected chi connectivity index (χ2v) is 7.89. The molecule has 0 atom stereocenters. The molecule has 0 aliphatic carbocycles. The Kier molecular flexibility index (Phi) is 4.95. The van der Waals surface area contributed by atoms with Crippen LogP contribution >= 0.6 is 7.14 Å². The first kappa shape index (κ1) is 16.3. The van der Waals surface area contributed by atoms with Gasteiger partial charge in [0.2, 0.25) is 0 Å². The van der Waals surface area contributed by atoms with Gasteiger partial charge in [0.25, 0.3) is 0 Å². The van der Waals surface area contributed by atoms with Crippen molar-refractivity contribution in [3.63, 3.8) is 0 Å². The summed E-state index contributed by atoms with van der Waals surface area (Å²) in [5.74, 6) is 1.69. The molecule has 0 radical (unpaired) electrons. The van der Waals surface area contributed by atoms with Crippen LogP contribution in [0, 0.1) is 0 Å². The van der Waals surface area contributed by atoms with Gasteiger partial charge in [-0.05, 0) is 0 Å². The lowest BCUT2D eigenvalue weighted by Crippen LogP contribution is -2.14. The summed E-state index contributed by atoms with van der Waals surface area (Å²) in [7, 11) is -3.11. The Morgan fingerprint density at radius 2 is 1.17 bits per heavy atom. The quantitative estimate of drug-likeness (QED) is 0.323. The Hall–Kier alpha value is -2.61. The summed E-state index contributed by atoms with van der Waals surface area (Å²) in [6.45, 7) is 0. The number of rotatable bonds is 5. The molecule has 0 fully saturated rings. The molecule has 3 aromatic carbocycles. The van der Waals surface area contributed by atoms with Gasteiger partial charge in [0.05, 0.1) is 0 Å². The van der Waals surface area contributed by atoms with Crippen molar-refractivity contribution in [3.05, 3.63) is 102 Å². The second-order valence-electron chi connectivity index (χ2n) is 5.28. The van der Waals surface area contributed by atoms with Gasteiger partial charge in [-0.1, -0.05) is 91.0 Å². The predicted octanol–water partition coefficient (Wildman–Crippen LogP) is 4.49. The molecule has 0 saturated heterocycles. The molecule has 0 saturated carbocycles. The van der Waals surface area contributed by atoms with Crippen LogP contribution in [0.4, 0.5) is 0 Å². The van der Waals surface area contributed by atoms with Crippen molar-refractivity contribution in [2.45, 2.75) is 0 Å². The first-order chi connectivity index (χ1) is 11.7. The summed E-state index contributed by atoms with van der Waals surface area (Å²) in [4.78, 5) is 4.56. The summed E-state index contributed by atoms with van der Waals surface area (Å²) < 4.78 is 13.9. The van der Waals surface area contributed by atoms with Gasteiger partial charge in [-0.3, -0.25) is 0 Å². The van der Waals surface area contributed by atoms with Crippen molar-refractivity contribution in [2.24, 2.45) is 0 Å². The molecule has 3 aromatic rings. The zero-order valence-electron chi connectivity index (χ0n) is 12.9. The Bertz CT molecular complexity index is 816. The lowest BCUT2D eigenvalue weighted by Gasteiger charge is -2.16. The van der Waals surface area contributed by atoms with Crippen molar-refractivity contribution in [2.75, 3.05) is 0 Å². The third-order valence-electron chi connectivity index (χ3n) is 3.74. The van der Waals surface area contributed by atoms with Crippen LogP contribution in [0.1, 0.15) is 5.56 Å². The van der Waals surface area contributed by atoms with Crippen LogP contribution in [-0.4, -0.2) is 5.26 Å². The molecular weight excluding hydrogens is 319 g/mol. The fraction of sp³-hybridized carbons (Fsp3) is 0. The van der Waals surface area contributed by atoms with Crippen molar-refractivity contribution in [3.8, 4) is 0 Å². The normalized spacial score (nSPS) is 12.0. The molecule has 3 rings (SSSR count).